The first-order valence-corrected chi connectivity index (χ1v) is 7.02. The molecule has 5 nitrogen and oxygen atoms in total. The first kappa shape index (κ1) is 12.3. The SMILES string of the molecule is CC(C)(O)Cn1nc(I)c2c([AsH2])ncnc21. The Hall–Kier alpha value is -0.202. The molecule has 1 N–H and O–H groups in total. The van der Waals surface area contributed by atoms with E-state index >= 15 is 0 Å². The fourth-order valence-corrected chi connectivity index (χ4v) is 3.56. The van der Waals surface area contributed by atoms with Gasteiger partial charge >= 0.3 is 116 Å². The first-order valence-electron chi connectivity index (χ1n) is 4.73. The predicted molar refractivity (Wildman–Crippen MR) is 72.5 cm³/mol. The molecule has 16 heavy (non-hydrogen) atoms. The van der Waals surface area contributed by atoms with Gasteiger partial charge in [0.1, 0.15) is 0 Å². The van der Waals surface area contributed by atoms with Crippen molar-refractivity contribution in [3.8, 4) is 0 Å². The van der Waals surface area contributed by atoms with Crippen LogP contribution in [0, 0.1) is 3.70 Å². The second kappa shape index (κ2) is 4.23. The predicted octanol–water partition coefficient (Wildman–Crippen LogP) is -0.540. The van der Waals surface area contributed by atoms with Gasteiger partial charge in [0.25, 0.3) is 0 Å². The molecule has 0 aliphatic rings. The molecular formula is C9H12AsIN4O. The van der Waals surface area contributed by atoms with E-state index in [0.717, 1.165) is 19.2 Å². The number of fused-ring (bicyclic) bond motifs is 1. The molecular weight excluding hydrogens is 382 g/mol. The fraction of sp³-hybridized carbons (Fsp3) is 0.444. The molecule has 2 heterocycles. The maximum atomic E-state index is 9.81. The second-order valence-corrected chi connectivity index (χ2v) is 6.39. The van der Waals surface area contributed by atoms with E-state index in [4.69, 9.17) is 0 Å². The quantitative estimate of drug-likeness (QED) is 0.549. The maximum absolute atomic E-state index is 9.81. The van der Waals surface area contributed by atoms with Crippen LogP contribution in [0.15, 0.2) is 6.33 Å². The summed E-state index contributed by atoms with van der Waals surface area (Å²) in [7, 11) is 0. The van der Waals surface area contributed by atoms with Gasteiger partial charge in [-0.3, -0.25) is 0 Å². The average molecular weight is 394 g/mol. The van der Waals surface area contributed by atoms with E-state index in [1.807, 2.05) is 0 Å². The Bertz CT molecular complexity index is 534. The van der Waals surface area contributed by atoms with E-state index in [1.165, 1.54) is 23.2 Å². The van der Waals surface area contributed by atoms with Crippen LogP contribution in [0.1, 0.15) is 13.8 Å². The Morgan fingerprint density at radius 2 is 2.19 bits per heavy atom. The summed E-state index contributed by atoms with van der Waals surface area (Å²) in [5.74, 6) is 0. The third-order valence-electron chi connectivity index (χ3n) is 2.05. The zero-order chi connectivity index (χ0) is 11.9. The zero-order valence-corrected chi connectivity index (χ0v) is 13.6. The van der Waals surface area contributed by atoms with Gasteiger partial charge in [-0.2, -0.15) is 0 Å². The van der Waals surface area contributed by atoms with Crippen molar-refractivity contribution in [2.45, 2.75) is 26.0 Å². The minimum atomic E-state index is -0.800. The van der Waals surface area contributed by atoms with Gasteiger partial charge in [-0.05, 0) is 0 Å². The minimum absolute atomic E-state index is 0.427. The van der Waals surface area contributed by atoms with Crippen molar-refractivity contribution in [3.05, 3.63) is 10.0 Å². The van der Waals surface area contributed by atoms with Crippen LogP contribution >= 0.6 is 22.6 Å². The van der Waals surface area contributed by atoms with Crippen molar-refractivity contribution in [1.29, 1.82) is 0 Å². The standard InChI is InChI=1S/C9H12AsIN4O/c1-9(2,16)3-15-8-5(7(11)14-15)6(10)12-4-13-8/h4,16H,3,10H2,1-2H3. The van der Waals surface area contributed by atoms with Gasteiger partial charge in [-0.15, -0.1) is 0 Å². The summed E-state index contributed by atoms with van der Waals surface area (Å²) in [4.78, 5) is 8.40. The van der Waals surface area contributed by atoms with Gasteiger partial charge in [-0.1, -0.05) is 0 Å². The molecule has 0 aliphatic carbocycles. The van der Waals surface area contributed by atoms with E-state index in [9.17, 15) is 5.11 Å². The van der Waals surface area contributed by atoms with Gasteiger partial charge in [-0.25, -0.2) is 0 Å². The topological polar surface area (TPSA) is 63.8 Å². The number of hydrogen-bond acceptors (Lipinski definition) is 4. The first-order chi connectivity index (χ1) is 7.38. The van der Waals surface area contributed by atoms with Gasteiger partial charge in [0, 0.05) is 0 Å². The molecule has 0 amide bonds. The Kier molecular flexibility index (Phi) is 3.24. The van der Waals surface area contributed by atoms with Crippen molar-refractivity contribution >= 4 is 55.0 Å². The Balaban J connectivity index is 2.60. The molecule has 2 rings (SSSR count). The van der Waals surface area contributed by atoms with Gasteiger partial charge in [0.05, 0.1) is 0 Å². The third kappa shape index (κ3) is 2.38. The molecule has 0 saturated heterocycles. The molecule has 2 aromatic rings. The molecule has 7 heteroatoms. The van der Waals surface area contributed by atoms with Gasteiger partial charge < -0.3 is 0 Å². The van der Waals surface area contributed by atoms with Gasteiger partial charge in [0.2, 0.25) is 0 Å². The summed E-state index contributed by atoms with van der Waals surface area (Å²) in [5.41, 5.74) is -0.00708. The summed E-state index contributed by atoms with van der Waals surface area (Å²) in [6, 6.07) is 0. The number of rotatable bonds is 2. The number of aliphatic hydroxyl groups is 1. The van der Waals surface area contributed by atoms with E-state index < -0.39 is 5.60 Å². The van der Waals surface area contributed by atoms with Crippen LogP contribution in [0.2, 0.25) is 0 Å². The number of halogens is 1. The van der Waals surface area contributed by atoms with Crippen LogP contribution in [-0.2, 0) is 6.54 Å². The van der Waals surface area contributed by atoms with E-state index in [1.54, 1.807) is 18.5 Å². The number of hydrogen-bond donors (Lipinski definition) is 1. The van der Waals surface area contributed by atoms with Crippen LogP contribution in [0.5, 0.6) is 0 Å². The zero-order valence-electron chi connectivity index (χ0n) is 8.98. The number of aromatic nitrogens is 4. The molecule has 0 bridgehead atoms. The third-order valence-corrected chi connectivity index (χ3v) is 3.73. The normalized spacial score (nSPS) is 12.3. The van der Waals surface area contributed by atoms with E-state index in [0.29, 0.717) is 6.54 Å². The molecule has 86 valence electrons. The molecule has 0 fully saturated rings. The molecule has 0 aliphatic heterocycles. The fourth-order valence-electron chi connectivity index (χ4n) is 1.46. The van der Waals surface area contributed by atoms with Crippen molar-refractivity contribution in [2.75, 3.05) is 0 Å². The van der Waals surface area contributed by atoms with Crippen LogP contribution in [0.3, 0.4) is 0 Å². The van der Waals surface area contributed by atoms with Crippen molar-refractivity contribution < 1.29 is 5.11 Å². The molecule has 1 atom stereocenters. The molecule has 0 saturated carbocycles. The van der Waals surface area contributed by atoms with Crippen LogP contribution < -0.4 is 4.48 Å². The summed E-state index contributed by atoms with van der Waals surface area (Å²) < 4.78 is 3.60. The number of nitrogens with zero attached hydrogens (tertiary/aromatic N) is 4. The molecule has 2 aromatic heterocycles. The molecule has 1 unspecified atom stereocenters. The van der Waals surface area contributed by atoms with E-state index in [2.05, 4.69) is 37.7 Å². The second-order valence-electron chi connectivity index (χ2n) is 4.22. The van der Waals surface area contributed by atoms with Gasteiger partial charge in [0.15, 0.2) is 0 Å². The molecule has 0 spiro atoms. The van der Waals surface area contributed by atoms with Crippen LogP contribution in [0.25, 0.3) is 11.0 Å². The monoisotopic (exact) mass is 394 g/mol. The summed E-state index contributed by atoms with van der Waals surface area (Å²) in [5, 5.41) is 15.2. The van der Waals surface area contributed by atoms with Crippen molar-refractivity contribution in [2.24, 2.45) is 0 Å². The Labute approximate surface area is 115 Å². The van der Waals surface area contributed by atoms with Crippen molar-refractivity contribution in [1.82, 2.24) is 19.7 Å². The Morgan fingerprint density at radius 1 is 1.50 bits per heavy atom. The molecule has 0 aromatic carbocycles. The summed E-state index contributed by atoms with van der Waals surface area (Å²) in [6.45, 7) is 3.94. The summed E-state index contributed by atoms with van der Waals surface area (Å²) >= 11 is 3.63. The van der Waals surface area contributed by atoms with E-state index in [-0.39, 0.29) is 0 Å². The summed E-state index contributed by atoms with van der Waals surface area (Å²) in [6.07, 6.45) is 1.54. The van der Waals surface area contributed by atoms with Crippen molar-refractivity contribution in [3.63, 3.8) is 0 Å². The Morgan fingerprint density at radius 3 is 2.81 bits per heavy atom. The average Bonchev–Trinajstić information content (AvgIpc) is 2.42. The van der Waals surface area contributed by atoms with Crippen LogP contribution in [-0.4, -0.2) is 47.3 Å². The van der Waals surface area contributed by atoms with Crippen LogP contribution in [0.4, 0.5) is 0 Å². The molecule has 0 radical (unpaired) electrons.